The molecule has 0 radical (unpaired) electrons. The predicted molar refractivity (Wildman–Crippen MR) is 91.6 cm³/mol. The summed E-state index contributed by atoms with van der Waals surface area (Å²) in [5.74, 6) is -1.47. The minimum atomic E-state index is -0.888. The van der Waals surface area contributed by atoms with Crippen molar-refractivity contribution in [3.63, 3.8) is 0 Å². The largest absolute Gasteiger partial charge is 0.368 e. The lowest BCUT2D eigenvalue weighted by atomic mass is 10.0. The average molecular weight is 382 g/mol. The molecule has 4 N–H and O–H groups in total. The van der Waals surface area contributed by atoms with E-state index in [9.17, 15) is 14.4 Å². The van der Waals surface area contributed by atoms with Crippen LogP contribution in [-0.4, -0.2) is 29.8 Å². The van der Waals surface area contributed by atoms with Crippen molar-refractivity contribution in [3.05, 3.63) is 47.0 Å². The van der Waals surface area contributed by atoms with Crippen molar-refractivity contribution in [1.82, 2.24) is 10.6 Å². The van der Waals surface area contributed by atoms with Gasteiger partial charge in [0.15, 0.2) is 0 Å². The SMILES string of the molecule is C=C(Br)C[C@@H](NC(=O)[C@H](Cc1ccccc1)NC(C)=O)C(N)=O. The monoisotopic (exact) mass is 381 g/mol. The maximum Gasteiger partial charge on any atom is 0.243 e. The van der Waals surface area contributed by atoms with Gasteiger partial charge in [0.2, 0.25) is 17.7 Å². The number of benzene rings is 1. The molecule has 7 heteroatoms. The summed E-state index contributed by atoms with van der Waals surface area (Å²) in [6.45, 7) is 4.96. The third-order valence-corrected chi connectivity index (χ3v) is 3.39. The fourth-order valence-electron chi connectivity index (χ4n) is 2.02. The van der Waals surface area contributed by atoms with Crippen molar-refractivity contribution >= 4 is 33.7 Å². The molecular weight excluding hydrogens is 362 g/mol. The predicted octanol–water partition coefficient (Wildman–Crippen LogP) is 1.00. The molecule has 0 spiro atoms. The highest BCUT2D eigenvalue weighted by molar-refractivity contribution is 9.11. The smallest absolute Gasteiger partial charge is 0.243 e. The zero-order valence-corrected chi connectivity index (χ0v) is 14.4. The van der Waals surface area contributed by atoms with Gasteiger partial charge in [0, 0.05) is 19.8 Å². The first-order valence-electron chi connectivity index (χ1n) is 7.03. The van der Waals surface area contributed by atoms with Crippen molar-refractivity contribution in [3.8, 4) is 0 Å². The van der Waals surface area contributed by atoms with Crippen LogP contribution in [0.25, 0.3) is 0 Å². The molecule has 0 fully saturated rings. The molecule has 0 aromatic heterocycles. The summed E-state index contributed by atoms with van der Waals surface area (Å²) in [6, 6.07) is 7.59. The second-order valence-corrected chi connectivity index (χ2v) is 6.25. The van der Waals surface area contributed by atoms with Crippen LogP contribution in [0.3, 0.4) is 0 Å². The second-order valence-electron chi connectivity index (χ2n) is 5.13. The van der Waals surface area contributed by atoms with Gasteiger partial charge in [-0.3, -0.25) is 14.4 Å². The van der Waals surface area contributed by atoms with E-state index in [4.69, 9.17) is 5.73 Å². The summed E-state index contributed by atoms with van der Waals surface area (Å²) in [5.41, 5.74) is 6.17. The Hall–Kier alpha value is -2.15. The Kier molecular flexibility index (Phi) is 7.47. The zero-order chi connectivity index (χ0) is 17.4. The number of nitrogens with two attached hydrogens (primary N) is 1. The lowest BCUT2D eigenvalue weighted by molar-refractivity contribution is -0.130. The fourth-order valence-corrected chi connectivity index (χ4v) is 2.34. The van der Waals surface area contributed by atoms with Gasteiger partial charge in [-0.1, -0.05) is 52.8 Å². The molecule has 0 aliphatic heterocycles. The third-order valence-electron chi connectivity index (χ3n) is 3.06. The first kappa shape index (κ1) is 18.9. The molecule has 3 amide bonds. The summed E-state index contributed by atoms with van der Waals surface area (Å²) in [5, 5.41) is 5.14. The second kappa shape index (κ2) is 9.09. The van der Waals surface area contributed by atoms with Crippen molar-refractivity contribution in [2.24, 2.45) is 5.73 Å². The molecule has 6 nitrogen and oxygen atoms in total. The maximum atomic E-state index is 12.4. The lowest BCUT2D eigenvalue weighted by Crippen LogP contribution is -2.53. The summed E-state index contributed by atoms with van der Waals surface area (Å²) in [7, 11) is 0. The highest BCUT2D eigenvalue weighted by Gasteiger charge is 2.25. The van der Waals surface area contributed by atoms with E-state index in [1.54, 1.807) is 0 Å². The van der Waals surface area contributed by atoms with E-state index in [0.29, 0.717) is 10.9 Å². The lowest BCUT2D eigenvalue weighted by Gasteiger charge is -2.21. The minimum absolute atomic E-state index is 0.180. The van der Waals surface area contributed by atoms with Gasteiger partial charge in [0.1, 0.15) is 12.1 Å². The summed E-state index contributed by atoms with van der Waals surface area (Å²) < 4.78 is 0.542. The number of amides is 3. The number of hydrogen-bond acceptors (Lipinski definition) is 3. The van der Waals surface area contributed by atoms with E-state index in [1.807, 2.05) is 30.3 Å². The van der Waals surface area contributed by atoms with Gasteiger partial charge in [-0.05, 0) is 10.0 Å². The highest BCUT2D eigenvalue weighted by Crippen LogP contribution is 2.10. The van der Waals surface area contributed by atoms with Gasteiger partial charge < -0.3 is 16.4 Å². The third kappa shape index (κ3) is 7.10. The Bertz CT molecular complexity index is 589. The topological polar surface area (TPSA) is 101 Å². The molecule has 1 aromatic rings. The van der Waals surface area contributed by atoms with Gasteiger partial charge >= 0.3 is 0 Å². The molecule has 1 rings (SSSR count). The van der Waals surface area contributed by atoms with Crippen molar-refractivity contribution < 1.29 is 14.4 Å². The number of rotatable bonds is 8. The molecule has 0 saturated carbocycles. The highest BCUT2D eigenvalue weighted by atomic mass is 79.9. The first-order chi connectivity index (χ1) is 10.8. The number of carbonyl (C=O) groups excluding carboxylic acids is 3. The van der Waals surface area contributed by atoms with E-state index < -0.39 is 23.9 Å². The molecule has 0 aliphatic carbocycles. The van der Waals surface area contributed by atoms with Crippen LogP contribution in [0.15, 0.2) is 41.4 Å². The van der Waals surface area contributed by atoms with Crippen LogP contribution in [0, 0.1) is 0 Å². The number of hydrogen-bond donors (Lipinski definition) is 3. The summed E-state index contributed by atoms with van der Waals surface area (Å²) >= 11 is 3.14. The van der Waals surface area contributed by atoms with Crippen LogP contribution < -0.4 is 16.4 Å². The van der Waals surface area contributed by atoms with E-state index >= 15 is 0 Å². The number of halogens is 1. The number of nitrogens with one attached hydrogen (secondary N) is 2. The molecule has 0 bridgehead atoms. The molecular formula is C16H20BrN3O3. The molecule has 0 aliphatic rings. The molecule has 23 heavy (non-hydrogen) atoms. The first-order valence-corrected chi connectivity index (χ1v) is 7.83. The van der Waals surface area contributed by atoms with Gasteiger partial charge in [-0.15, -0.1) is 0 Å². The Morgan fingerprint density at radius 1 is 1.17 bits per heavy atom. The summed E-state index contributed by atoms with van der Waals surface area (Å²) in [4.78, 5) is 35.2. The van der Waals surface area contributed by atoms with Gasteiger partial charge in [0.05, 0.1) is 0 Å². The Morgan fingerprint density at radius 3 is 2.26 bits per heavy atom. The quantitative estimate of drug-likeness (QED) is 0.625. The maximum absolute atomic E-state index is 12.4. The number of primary amides is 1. The van der Waals surface area contributed by atoms with Crippen LogP contribution in [0.5, 0.6) is 0 Å². The molecule has 2 atom stereocenters. The van der Waals surface area contributed by atoms with Crippen molar-refractivity contribution in [1.29, 1.82) is 0 Å². The standard InChI is InChI=1S/C16H20BrN3O3/c1-10(17)8-13(15(18)22)20-16(23)14(19-11(2)21)9-12-6-4-3-5-7-12/h3-7,13-14H,1,8-9H2,2H3,(H2,18,22)(H,19,21)(H,20,23)/t13-,14+/m1/s1. The Labute approximate surface area is 143 Å². The molecule has 0 heterocycles. The van der Waals surface area contributed by atoms with E-state index in [0.717, 1.165) is 5.56 Å². The zero-order valence-electron chi connectivity index (χ0n) is 12.8. The van der Waals surface area contributed by atoms with Crippen molar-refractivity contribution in [2.45, 2.75) is 31.8 Å². The molecule has 0 saturated heterocycles. The van der Waals surface area contributed by atoms with Crippen LogP contribution in [-0.2, 0) is 20.8 Å². The van der Waals surface area contributed by atoms with Crippen molar-refractivity contribution in [2.75, 3.05) is 0 Å². The Morgan fingerprint density at radius 2 is 1.78 bits per heavy atom. The van der Waals surface area contributed by atoms with E-state index in [2.05, 4.69) is 33.1 Å². The minimum Gasteiger partial charge on any atom is -0.368 e. The van der Waals surface area contributed by atoms with E-state index in [-0.39, 0.29) is 12.3 Å². The Balaban J connectivity index is 2.83. The van der Waals surface area contributed by atoms with Crippen LogP contribution in [0.1, 0.15) is 18.9 Å². The van der Waals surface area contributed by atoms with Crippen LogP contribution >= 0.6 is 15.9 Å². The normalized spacial score (nSPS) is 12.8. The van der Waals surface area contributed by atoms with Gasteiger partial charge in [0.25, 0.3) is 0 Å². The average Bonchev–Trinajstić information content (AvgIpc) is 2.45. The number of carbonyl (C=O) groups is 3. The van der Waals surface area contributed by atoms with Gasteiger partial charge in [-0.2, -0.15) is 0 Å². The van der Waals surface area contributed by atoms with Crippen LogP contribution in [0.4, 0.5) is 0 Å². The molecule has 1 aromatic carbocycles. The van der Waals surface area contributed by atoms with E-state index in [1.165, 1.54) is 6.92 Å². The van der Waals surface area contributed by atoms with Gasteiger partial charge in [-0.25, -0.2) is 0 Å². The molecule has 0 unspecified atom stereocenters. The van der Waals surface area contributed by atoms with Crippen LogP contribution in [0.2, 0.25) is 0 Å². The molecule has 124 valence electrons. The summed E-state index contributed by atoms with van der Waals surface area (Å²) in [6.07, 6.45) is 0.492. The fraction of sp³-hybridized carbons (Fsp3) is 0.312.